The lowest BCUT2D eigenvalue weighted by molar-refractivity contribution is -0.121. The molecule has 28 heavy (non-hydrogen) atoms. The minimum absolute atomic E-state index is 0.0175. The molecule has 0 spiro atoms. The Bertz CT molecular complexity index is 946. The van der Waals surface area contributed by atoms with Crippen LogP contribution in [0.5, 0.6) is 5.75 Å². The highest BCUT2D eigenvalue weighted by Crippen LogP contribution is 2.29. The van der Waals surface area contributed by atoms with Crippen molar-refractivity contribution in [2.45, 2.75) is 19.4 Å². The lowest BCUT2D eigenvalue weighted by Gasteiger charge is -2.30. The Morgan fingerprint density at radius 3 is 2.82 bits per heavy atom. The van der Waals surface area contributed by atoms with Gasteiger partial charge in [-0.15, -0.1) is 0 Å². The molecular formula is C21H23ClN4O2. The number of H-pyrrole nitrogens is 1. The second kappa shape index (κ2) is 8.20. The lowest BCUT2D eigenvalue weighted by atomic mass is 9.95. The summed E-state index contributed by atoms with van der Waals surface area (Å²) in [6.07, 6.45) is 1.63. The Hall–Kier alpha value is -2.57. The molecule has 1 amide bonds. The van der Waals surface area contributed by atoms with Crippen LogP contribution >= 0.6 is 11.6 Å². The van der Waals surface area contributed by atoms with Crippen LogP contribution < -0.4 is 10.1 Å². The van der Waals surface area contributed by atoms with Gasteiger partial charge < -0.3 is 15.0 Å². The molecular weight excluding hydrogens is 376 g/mol. The van der Waals surface area contributed by atoms with E-state index < -0.39 is 0 Å². The summed E-state index contributed by atoms with van der Waals surface area (Å²) < 4.78 is 5.30. The molecule has 6 nitrogen and oxygen atoms in total. The third kappa shape index (κ3) is 4.13. The number of hydrogen-bond acceptors (Lipinski definition) is 4. The van der Waals surface area contributed by atoms with Crippen molar-refractivity contribution in [1.29, 1.82) is 0 Å². The van der Waals surface area contributed by atoms with E-state index in [1.54, 1.807) is 25.3 Å². The van der Waals surface area contributed by atoms with Gasteiger partial charge in [0.1, 0.15) is 11.6 Å². The summed E-state index contributed by atoms with van der Waals surface area (Å²) in [6.45, 7) is 2.49. The van der Waals surface area contributed by atoms with Crippen LogP contribution in [0.15, 0.2) is 42.5 Å². The van der Waals surface area contributed by atoms with Gasteiger partial charge in [0.05, 0.1) is 30.4 Å². The number of benzene rings is 2. The Balaban J connectivity index is 1.33. The fourth-order valence-corrected chi connectivity index (χ4v) is 3.83. The summed E-state index contributed by atoms with van der Waals surface area (Å²) in [4.78, 5) is 23.0. The maximum atomic E-state index is 12.7. The molecule has 7 heteroatoms. The van der Waals surface area contributed by atoms with Crippen LogP contribution in [0.1, 0.15) is 18.7 Å². The molecule has 4 rings (SSSR count). The second-order valence-corrected chi connectivity index (χ2v) is 7.52. The summed E-state index contributed by atoms with van der Waals surface area (Å²) >= 11 is 6.05. The molecule has 0 radical (unpaired) electrons. The highest BCUT2D eigenvalue weighted by atomic mass is 35.5. The molecule has 0 bridgehead atoms. The molecule has 1 aliphatic rings. The van der Waals surface area contributed by atoms with Gasteiger partial charge in [0.15, 0.2) is 0 Å². The SMILES string of the molecule is COc1ccc(Cl)cc1NC(=O)C1CCN(Cc2nc3ccccc3[nH]2)CC1. The summed E-state index contributed by atoms with van der Waals surface area (Å²) in [5.41, 5.74) is 2.66. The predicted molar refractivity (Wildman–Crippen MR) is 111 cm³/mol. The van der Waals surface area contributed by atoms with E-state index in [4.69, 9.17) is 16.3 Å². The average Bonchev–Trinajstić information content (AvgIpc) is 3.11. The van der Waals surface area contributed by atoms with E-state index in [0.29, 0.717) is 16.5 Å². The number of nitrogens with zero attached hydrogens (tertiary/aromatic N) is 2. The van der Waals surface area contributed by atoms with E-state index in [0.717, 1.165) is 49.3 Å². The zero-order valence-corrected chi connectivity index (χ0v) is 16.5. The number of rotatable bonds is 5. The fourth-order valence-electron chi connectivity index (χ4n) is 3.66. The number of amides is 1. The number of halogens is 1. The fraction of sp³-hybridized carbons (Fsp3) is 0.333. The number of ether oxygens (including phenoxy) is 1. The smallest absolute Gasteiger partial charge is 0.227 e. The van der Waals surface area contributed by atoms with E-state index in [9.17, 15) is 4.79 Å². The number of carbonyl (C=O) groups is 1. The van der Waals surface area contributed by atoms with Crippen molar-refractivity contribution in [2.75, 3.05) is 25.5 Å². The largest absolute Gasteiger partial charge is 0.495 e. The van der Waals surface area contributed by atoms with Crippen LogP contribution in [0.3, 0.4) is 0 Å². The van der Waals surface area contributed by atoms with E-state index in [1.807, 2.05) is 24.3 Å². The highest BCUT2D eigenvalue weighted by Gasteiger charge is 2.26. The van der Waals surface area contributed by atoms with Crippen molar-refractivity contribution in [1.82, 2.24) is 14.9 Å². The lowest BCUT2D eigenvalue weighted by Crippen LogP contribution is -2.38. The van der Waals surface area contributed by atoms with Gasteiger partial charge >= 0.3 is 0 Å². The molecule has 0 unspecified atom stereocenters. The number of carbonyl (C=O) groups excluding carboxylic acids is 1. The second-order valence-electron chi connectivity index (χ2n) is 7.08. The summed E-state index contributed by atoms with van der Waals surface area (Å²) in [5.74, 6) is 1.58. The molecule has 1 aromatic heterocycles. The molecule has 2 N–H and O–H groups in total. The molecule has 1 fully saturated rings. The molecule has 2 aromatic carbocycles. The summed E-state index contributed by atoms with van der Waals surface area (Å²) in [6, 6.07) is 13.3. The van der Waals surface area contributed by atoms with Crippen LogP contribution in [-0.2, 0) is 11.3 Å². The van der Waals surface area contributed by atoms with Crippen molar-refractivity contribution in [3.8, 4) is 5.75 Å². The number of nitrogens with one attached hydrogen (secondary N) is 2. The Labute approximate surface area is 168 Å². The normalized spacial score (nSPS) is 15.6. The van der Waals surface area contributed by atoms with Crippen LogP contribution in [-0.4, -0.2) is 41.0 Å². The standard InChI is InChI=1S/C21H23ClN4O2/c1-28-19-7-6-15(22)12-18(19)25-21(27)14-8-10-26(11-9-14)13-20-23-16-4-2-3-5-17(16)24-20/h2-7,12,14H,8-11,13H2,1H3,(H,23,24)(H,25,27). The van der Waals surface area contributed by atoms with Gasteiger partial charge in [-0.3, -0.25) is 9.69 Å². The molecule has 0 aliphatic carbocycles. The first-order valence-corrected chi connectivity index (χ1v) is 9.80. The quantitative estimate of drug-likeness (QED) is 0.679. The molecule has 146 valence electrons. The Morgan fingerprint density at radius 1 is 1.29 bits per heavy atom. The van der Waals surface area contributed by atoms with Gasteiger partial charge in [0.25, 0.3) is 0 Å². The number of piperidine rings is 1. The minimum Gasteiger partial charge on any atom is -0.495 e. The maximum Gasteiger partial charge on any atom is 0.227 e. The number of imidazole rings is 1. The predicted octanol–water partition coefficient (Wildman–Crippen LogP) is 4.08. The third-order valence-electron chi connectivity index (χ3n) is 5.19. The van der Waals surface area contributed by atoms with Crippen LogP contribution in [0.2, 0.25) is 5.02 Å². The number of methoxy groups -OCH3 is 1. The van der Waals surface area contributed by atoms with E-state index in [-0.39, 0.29) is 11.8 Å². The van der Waals surface area contributed by atoms with Crippen molar-refractivity contribution in [3.63, 3.8) is 0 Å². The van der Waals surface area contributed by atoms with Crippen LogP contribution in [0, 0.1) is 5.92 Å². The molecule has 2 heterocycles. The number of anilines is 1. The number of para-hydroxylation sites is 2. The van der Waals surface area contributed by atoms with Crippen molar-refractivity contribution in [3.05, 3.63) is 53.3 Å². The molecule has 0 atom stereocenters. The zero-order valence-electron chi connectivity index (χ0n) is 15.7. The number of hydrogen-bond donors (Lipinski definition) is 2. The molecule has 1 aliphatic heterocycles. The Morgan fingerprint density at radius 2 is 2.07 bits per heavy atom. The number of aromatic amines is 1. The maximum absolute atomic E-state index is 12.7. The Kier molecular flexibility index (Phi) is 5.50. The zero-order chi connectivity index (χ0) is 19.5. The first kappa shape index (κ1) is 18.8. The van der Waals surface area contributed by atoms with Gasteiger partial charge in [-0.1, -0.05) is 23.7 Å². The van der Waals surface area contributed by atoms with Crippen LogP contribution in [0.4, 0.5) is 5.69 Å². The van der Waals surface area contributed by atoms with E-state index in [2.05, 4.69) is 20.2 Å². The molecule has 1 saturated heterocycles. The topological polar surface area (TPSA) is 70.2 Å². The number of likely N-dealkylation sites (tertiary alicyclic amines) is 1. The summed E-state index contributed by atoms with van der Waals surface area (Å²) in [5, 5.41) is 3.54. The van der Waals surface area contributed by atoms with Gasteiger partial charge in [0.2, 0.25) is 5.91 Å². The first-order valence-electron chi connectivity index (χ1n) is 9.43. The highest BCUT2D eigenvalue weighted by molar-refractivity contribution is 6.31. The van der Waals surface area contributed by atoms with Crippen LogP contribution in [0.25, 0.3) is 11.0 Å². The molecule has 3 aromatic rings. The van der Waals surface area contributed by atoms with E-state index in [1.165, 1.54) is 0 Å². The minimum atomic E-state index is -0.0180. The monoisotopic (exact) mass is 398 g/mol. The molecule has 0 saturated carbocycles. The van der Waals surface area contributed by atoms with Crippen molar-refractivity contribution < 1.29 is 9.53 Å². The third-order valence-corrected chi connectivity index (χ3v) is 5.42. The van der Waals surface area contributed by atoms with Crippen molar-refractivity contribution in [2.24, 2.45) is 5.92 Å². The van der Waals surface area contributed by atoms with Gasteiger partial charge in [0, 0.05) is 10.9 Å². The van der Waals surface area contributed by atoms with E-state index >= 15 is 0 Å². The number of aromatic nitrogens is 2. The van der Waals surface area contributed by atoms with Crippen molar-refractivity contribution >= 4 is 34.2 Å². The number of fused-ring (bicyclic) bond motifs is 1. The van der Waals surface area contributed by atoms with Gasteiger partial charge in [-0.2, -0.15) is 0 Å². The van der Waals surface area contributed by atoms with Gasteiger partial charge in [-0.05, 0) is 56.3 Å². The average molecular weight is 399 g/mol. The summed E-state index contributed by atoms with van der Waals surface area (Å²) in [7, 11) is 1.58. The van der Waals surface area contributed by atoms with Gasteiger partial charge in [-0.25, -0.2) is 4.98 Å². The first-order chi connectivity index (χ1) is 13.6.